The van der Waals surface area contributed by atoms with Gasteiger partial charge in [-0.25, -0.2) is 14.5 Å². The molecule has 4 aromatic rings. The van der Waals surface area contributed by atoms with Crippen molar-refractivity contribution < 1.29 is 14.3 Å². The molecule has 0 bridgehead atoms. The van der Waals surface area contributed by atoms with Gasteiger partial charge in [0.25, 0.3) is 0 Å². The first-order valence-electron chi connectivity index (χ1n) is 12.0. The number of aryl methyl sites for hydroxylation is 3. The predicted octanol–water partition coefficient (Wildman–Crippen LogP) is 5.47. The molecule has 0 spiro atoms. The number of nitrogens with zero attached hydrogens (tertiary/aromatic N) is 3. The first-order valence-corrected chi connectivity index (χ1v) is 12.8. The minimum atomic E-state index is -0.368. The molecule has 0 saturated carbocycles. The summed E-state index contributed by atoms with van der Waals surface area (Å²) in [7, 11) is 0. The first kappa shape index (κ1) is 23.2. The Kier molecular flexibility index (Phi) is 6.38. The molecule has 0 fully saturated rings. The molecule has 0 aliphatic heterocycles. The summed E-state index contributed by atoms with van der Waals surface area (Å²) in [5, 5.41) is 9.12. The zero-order valence-electron chi connectivity index (χ0n) is 20.2. The Morgan fingerprint density at radius 1 is 1.17 bits per heavy atom. The SMILES string of the molecule is CCOC(=O)c1c(NC(=O)Cn2nc(C)c3c(-c4cccc(C)c4)ccnc32)sc2c1CCCC2. The Labute approximate surface area is 208 Å². The smallest absolute Gasteiger partial charge is 0.341 e. The Morgan fingerprint density at radius 3 is 2.80 bits per heavy atom. The lowest BCUT2D eigenvalue weighted by atomic mass is 9.95. The molecule has 1 aromatic carbocycles. The van der Waals surface area contributed by atoms with Crippen molar-refractivity contribution in [2.24, 2.45) is 0 Å². The van der Waals surface area contributed by atoms with Crippen LogP contribution in [0.3, 0.4) is 0 Å². The van der Waals surface area contributed by atoms with Crippen molar-refractivity contribution >= 4 is 39.2 Å². The number of rotatable bonds is 6. The van der Waals surface area contributed by atoms with Gasteiger partial charge in [0.05, 0.1) is 17.9 Å². The normalized spacial score (nSPS) is 13.0. The lowest BCUT2D eigenvalue weighted by Crippen LogP contribution is -2.21. The number of anilines is 1. The number of carbonyl (C=O) groups excluding carboxylic acids is 2. The molecule has 1 N–H and O–H groups in total. The standard InChI is InChI=1S/C27H28N4O3S/c1-4-34-27(33)24-20-10-5-6-11-21(20)35-26(24)29-22(32)15-31-25-23(17(3)30-31)19(12-13-28-25)18-9-7-8-16(2)14-18/h7-9,12-14H,4-6,10-11,15H2,1-3H3,(H,29,32). The van der Waals surface area contributed by atoms with E-state index in [1.165, 1.54) is 21.8 Å². The number of hydrogen-bond acceptors (Lipinski definition) is 6. The Morgan fingerprint density at radius 2 is 2.00 bits per heavy atom. The Hall–Kier alpha value is -3.52. The summed E-state index contributed by atoms with van der Waals surface area (Å²) in [6, 6.07) is 10.3. The molecule has 0 radical (unpaired) electrons. The minimum absolute atomic E-state index is 0.000553. The Bertz CT molecular complexity index is 1440. The number of amides is 1. The number of nitrogens with one attached hydrogen (secondary N) is 1. The fourth-order valence-electron chi connectivity index (χ4n) is 4.82. The maximum atomic E-state index is 13.1. The molecule has 3 aromatic heterocycles. The van der Waals surface area contributed by atoms with Crippen LogP contribution < -0.4 is 5.32 Å². The molecule has 0 atom stereocenters. The number of aromatic nitrogens is 3. The van der Waals surface area contributed by atoms with Crippen molar-refractivity contribution in [2.45, 2.75) is 53.0 Å². The summed E-state index contributed by atoms with van der Waals surface area (Å²) in [5.74, 6) is -0.617. The molecular weight excluding hydrogens is 460 g/mol. The van der Waals surface area contributed by atoms with Gasteiger partial charge < -0.3 is 10.1 Å². The lowest BCUT2D eigenvalue weighted by Gasteiger charge is -2.12. The van der Waals surface area contributed by atoms with Gasteiger partial charge in [0.1, 0.15) is 11.5 Å². The van der Waals surface area contributed by atoms with E-state index in [-0.39, 0.29) is 18.4 Å². The van der Waals surface area contributed by atoms with E-state index in [9.17, 15) is 9.59 Å². The van der Waals surface area contributed by atoms with Crippen LogP contribution in [0.2, 0.25) is 0 Å². The Balaban J connectivity index is 1.45. The molecule has 1 aliphatic rings. The van der Waals surface area contributed by atoms with Gasteiger partial charge in [-0.15, -0.1) is 11.3 Å². The third-order valence-corrected chi connectivity index (χ3v) is 7.54. The van der Waals surface area contributed by atoms with Gasteiger partial charge in [-0.3, -0.25) is 4.79 Å². The van der Waals surface area contributed by atoms with Gasteiger partial charge in [0.15, 0.2) is 5.65 Å². The number of ether oxygens (including phenoxy) is 1. The van der Waals surface area contributed by atoms with E-state index < -0.39 is 0 Å². The fraction of sp³-hybridized carbons (Fsp3) is 0.333. The van der Waals surface area contributed by atoms with Crippen molar-refractivity contribution in [1.29, 1.82) is 0 Å². The van der Waals surface area contributed by atoms with Gasteiger partial charge >= 0.3 is 5.97 Å². The maximum absolute atomic E-state index is 13.1. The van der Waals surface area contributed by atoms with Crippen LogP contribution in [0, 0.1) is 13.8 Å². The second-order valence-electron chi connectivity index (χ2n) is 8.85. The monoisotopic (exact) mass is 488 g/mol. The molecule has 1 amide bonds. The van der Waals surface area contributed by atoms with Crippen molar-refractivity contribution in [3.63, 3.8) is 0 Å². The van der Waals surface area contributed by atoms with Crippen molar-refractivity contribution in [3.8, 4) is 11.1 Å². The van der Waals surface area contributed by atoms with Gasteiger partial charge in [-0.05, 0) is 69.2 Å². The van der Waals surface area contributed by atoms with Crippen LogP contribution in [-0.4, -0.2) is 33.2 Å². The zero-order chi connectivity index (χ0) is 24.5. The first-order chi connectivity index (χ1) is 17.0. The highest BCUT2D eigenvalue weighted by Crippen LogP contribution is 2.38. The minimum Gasteiger partial charge on any atom is -0.462 e. The second-order valence-corrected chi connectivity index (χ2v) is 9.96. The van der Waals surface area contributed by atoms with Crippen LogP contribution in [-0.2, 0) is 28.9 Å². The largest absolute Gasteiger partial charge is 0.462 e. The third-order valence-electron chi connectivity index (χ3n) is 6.33. The summed E-state index contributed by atoms with van der Waals surface area (Å²) in [5.41, 5.74) is 6.32. The number of benzene rings is 1. The molecular formula is C27H28N4O3S. The maximum Gasteiger partial charge on any atom is 0.341 e. The number of thiophene rings is 1. The number of pyridine rings is 1. The summed E-state index contributed by atoms with van der Waals surface area (Å²) >= 11 is 1.49. The van der Waals surface area contributed by atoms with Crippen LogP contribution in [0.1, 0.15) is 51.8 Å². The average molecular weight is 489 g/mol. The molecule has 35 heavy (non-hydrogen) atoms. The van der Waals surface area contributed by atoms with Gasteiger partial charge in [0.2, 0.25) is 5.91 Å². The zero-order valence-corrected chi connectivity index (χ0v) is 21.0. The quantitative estimate of drug-likeness (QED) is 0.364. The van der Waals surface area contributed by atoms with E-state index >= 15 is 0 Å². The van der Waals surface area contributed by atoms with Crippen molar-refractivity contribution in [2.75, 3.05) is 11.9 Å². The molecule has 1 aliphatic carbocycles. The van der Waals surface area contributed by atoms with E-state index in [1.54, 1.807) is 17.8 Å². The van der Waals surface area contributed by atoms with Crippen LogP contribution in [0.25, 0.3) is 22.2 Å². The van der Waals surface area contributed by atoms with E-state index in [4.69, 9.17) is 4.74 Å². The van der Waals surface area contributed by atoms with E-state index in [2.05, 4.69) is 40.5 Å². The fourth-order valence-corrected chi connectivity index (χ4v) is 6.11. The molecule has 8 heteroatoms. The van der Waals surface area contributed by atoms with Crippen LogP contribution in [0.4, 0.5) is 5.00 Å². The third kappa shape index (κ3) is 4.46. The van der Waals surface area contributed by atoms with Gasteiger partial charge in [0, 0.05) is 16.5 Å². The van der Waals surface area contributed by atoms with Crippen LogP contribution in [0.15, 0.2) is 36.5 Å². The molecule has 180 valence electrons. The van der Waals surface area contributed by atoms with E-state index in [1.807, 2.05) is 19.1 Å². The van der Waals surface area contributed by atoms with Crippen LogP contribution >= 0.6 is 11.3 Å². The lowest BCUT2D eigenvalue weighted by molar-refractivity contribution is -0.116. The molecule has 3 heterocycles. The average Bonchev–Trinajstić information content (AvgIpc) is 3.36. The highest BCUT2D eigenvalue weighted by molar-refractivity contribution is 7.17. The topological polar surface area (TPSA) is 86.1 Å². The molecule has 5 rings (SSSR count). The number of carbonyl (C=O) groups is 2. The molecule has 7 nitrogen and oxygen atoms in total. The summed E-state index contributed by atoms with van der Waals surface area (Å²) in [4.78, 5) is 31.6. The molecule has 0 unspecified atom stereocenters. The predicted molar refractivity (Wildman–Crippen MR) is 138 cm³/mol. The van der Waals surface area contributed by atoms with E-state index in [0.29, 0.717) is 22.8 Å². The summed E-state index contributed by atoms with van der Waals surface area (Å²) < 4.78 is 6.94. The molecule has 0 saturated heterocycles. The number of esters is 1. The van der Waals surface area contributed by atoms with E-state index in [0.717, 1.165) is 53.5 Å². The highest BCUT2D eigenvalue weighted by Gasteiger charge is 2.27. The van der Waals surface area contributed by atoms with Crippen molar-refractivity contribution in [1.82, 2.24) is 14.8 Å². The number of fused-ring (bicyclic) bond motifs is 2. The van der Waals surface area contributed by atoms with Gasteiger partial charge in [-0.1, -0.05) is 29.8 Å². The second kappa shape index (κ2) is 9.62. The summed E-state index contributed by atoms with van der Waals surface area (Å²) in [6.45, 7) is 6.08. The summed E-state index contributed by atoms with van der Waals surface area (Å²) in [6.07, 6.45) is 5.65. The highest BCUT2D eigenvalue weighted by atomic mass is 32.1. The van der Waals surface area contributed by atoms with Crippen molar-refractivity contribution in [3.05, 3.63) is 63.8 Å². The number of hydrogen-bond donors (Lipinski definition) is 1. The van der Waals surface area contributed by atoms with Gasteiger partial charge in [-0.2, -0.15) is 5.10 Å². The van der Waals surface area contributed by atoms with Crippen LogP contribution in [0.5, 0.6) is 0 Å².